The SMILES string of the molecule is COc1ccc(C)cc1CC(C)(O)CNC(C)(C)C. The molecule has 2 N–H and O–H groups in total. The molecular formula is C16H27NO2. The molecule has 0 aliphatic rings. The van der Waals surface area contributed by atoms with Crippen LogP contribution in [0, 0.1) is 6.92 Å². The number of ether oxygens (including phenoxy) is 1. The Morgan fingerprint density at radius 2 is 1.84 bits per heavy atom. The molecule has 0 aliphatic carbocycles. The highest BCUT2D eigenvalue weighted by atomic mass is 16.5. The van der Waals surface area contributed by atoms with Crippen LogP contribution < -0.4 is 10.1 Å². The summed E-state index contributed by atoms with van der Waals surface area (Å²) in [4.78, 5) is 0. The predicted octanol–water partition coefficient (Wildman–Crippen LogP) is 2.69. The van der Waals surface area contributed by atoms with Crippen LogP contribution in [0.15, 0.2) is 18.2 Å². The lowest BCUT2D eigenvalue weighted by Crippen LogP contribution is -2.47. The zero-order valence-corrected chi connectivity index (χ0v) is 13.0. The third kappa shape index (κ3) is 5.62. The van der Waals surface area contributed by atoms with E-state index in [0.29, 0.717) is 13.0 Å². The topological polar surface area (TPSA) is 41.5 Å². The maximum absolute atomic E-state index is 10.5. The summed E-state index contributed by atoms with van der Waals surface area (Å²) in [6.07, 6.45) is 0.570. The smallest absolute Gasteiger partial charge is 0.122 e. The molecule has 0 aromatic heterocycles. The number of hydrogen-bond acceptors (Lipinski definition) is 3. The predicted molar refractivity (Wildman–Crippen MR) is 79.8 cm³/mol. The highest BCUT2D eigenvalue weighted by Crippen LogP contribution is 2.24. The van der Waals surface area contributed by atoms with Gasteiger partial charge in [0.05, 0.1) is 12.7 Å². The maximum Gasteiger partial charge on any atom is 0.122 e. The summed E-state index contributed by atoms with van der Waals surface area (Å²) in [6.45, 7) is 10.7. The Morgan fingerprint density at radius 1 is 1.21 bits per heavy atom. The van der Waals surface area contributed by atoms with E-state index in [2.05, 4.69) is 32.2 Å². The van der Waals surface area contributed by atoms with E-state index in [1.165, 1.54) is 5.56 Å². The summed E-state index contributed by atoms with van der Waals surface area (Å²) in [7, 11) is 1.66. The Labute approximate surface area is 117 Å². The molecule has 1 atom stereocenters. The second-order valence-corrected chi connectivity index (χ2v) is 6.59. The van der Waals surface area contributed by atoms with Gasteiger partial charge in [-0.05, 0) is 46.2 Å². The van der Waals surface area contributed by atoms with Crippen molar-refractivity contribution in [1.29, 1.82) is 0 Å². The van der Waals surface area contributed by atoms with E-state index in [1.807, 2.05) is 26.0 Å². The zero-order valence-electron chi connectivity index (χ0n) is 13.0. The van der Waals surface area contributed by atoms with E-state index < -0.39 is 5.60 Å². The normalized spacial score (nSPS) is 15.1. The van der Waals surface area contributed by atoms with Crippen LogP contribution in [0.3, 0.4) is 0 Å². The molecule has 0 bridgehead atoms. The fourth-order valence-electron chi connectivity index (χ4n) is 1.97. The first-order valence-corrected chi connectivity index (χ1v) is 6.74. The van der Waals surface area contributed by atoms with E-state index in [4.69, 9.17) is 4.74 Å². The molecule has 0 saturated heterocycles. The molecule has 0 heterocycles. The van der Waals surface area contributed by atoms with E-state index in [-0.39, 0.29) is 5.54 Å². The number of nitrogens with one attached hydrogen (secondary N) is 1. The number of hydrogen-bond donors (Lipinski definition) is 2. The standard InChI is InChI=1S/C16H27NO2/c1-12-7-8-14(19-6)13(9-12)10-16(5,18)11-17-15(2,3)4/h7-9,17-18H,10-11H2,1-6H3. The number of rotatable bonds is 5. The fraction of sp³-hybridized carbons (Fsp3) is 0.625. The largest absolute Gasteiger partial charge is 0.496 e. The Balaban J connectivity index is 2.79. The first kappa shape index (κ1) is 16.0. The van der Waals surface area contributed by atoms with Crippen molar-refractivity contribution in [2.24, 2.45) is 0 Å². The van der Waals surface area contributed by atoms with Crippen LogP contribution in [0.4, 0.5) is 0 Å². The van der Waals surface area contributed by atoms with Crippen molar-refractivity contribution in [3.8, 4) is 5.75 Å². The lowest BCUT2D eigenvalue weighted by Gasteiger charge is -2.30. The average Bonchev–Trinajstić information content (AvgIpc) is 2.26. The number of methoxy groups -OCH3 is 1. The van der Waals surface area contributed by atoms with Gasteiger partial charge in [-0.1, -0.05) is 17.7 Å². The van der Waals surface area contributed by atoms with Crippen molar-refractivity contribution in [3.05, 3.63) is 29.3 Å². The summed E-state index contributed by atoms with van der Waals surface area (Å²) < 4.78 is 5.36. The Bertz CT molecular complexity index is 419. The van der Waals surface area contributed by atoms with E-state index >= 15 is 0 Å². The number of aliphatic hydroxyl groups is 1. The van der Waals surface area contributed by atoms with Gasteiger partial charge < -0.3 is 15.2 Å². The molecule has 3 heteroatoms. The van der Waals surface area contributed by atoms with Gasteiger partial charge in [0.15, 0.2) is 0 Å². The minimum atomic E-state index is -0.797. The molecule has 0 fully saturated rings. The van der Waals surface area contributed by atoms with E-state index in [9.17, 15) is 5.11 Å². The van der Waals surface area contributed by atoms with Gasteiger partial charge in [0, 0.05) is 18.5 Å². The van der Waals surface area contributed by atoms with Crippen LogP contribution in [0.2, 0.25) is 0 Å². The fourth-order valence-corrected chi connectivity index (χ4v) is 1.97. The van der Waals surface area contributed by atoms with Crippen molar-refractivity contribution in [3.63, 3.8) is 0 Å². The maximum atomic E-state index is 10.5. The first-order chi connectivity index (χ1) is 8.63. The summed E-state index contributed by atoms with van der Waals surface area (Å²) in [5.74, 6) is 0.835. The number of β-amino-alcohol motifs (C(OH)–C–C–N with tert-alkyl or cyclic N) is 1. The quantitative estimate of drug-likeness (QED) is 0.860. The van der Waals surface area contributed by atoms with Gasteiger partial charge in [-0.3, -0.25) is 0 Å². The lowest BCUT2D eigenvalue weighted by atomic mass is 9.93. The third-order valence-electron chi connectivity index (χ3n) is 3.01. The lowest BCUT2D eigenvalue weighted by molar-refractivity contribution is 0.0529. The van der Waals surface area contributed by atoms with E-state index in [1.54, 1.807) is 7.11 Å². The Morgan fingerprint density at radius 3 is 2.37 bits per heavy atom. The van der Waals surface area contributed by atoms with Crippen LogP contribution in [-0.4, -0.2) is 29.9 Å². The number of benzene rings is 1. The molecular weight excluding hydrogens is 238 g/mol. The summed E-state index contributed by atoms with van der Waals surface area (Å²) >= 11 is 0. The van der Waals surface area contributed by atoms with Gasteiger partial charge in [0.1, 0.15) is 5.75 Å². The highest BCUT2D eigenvalue weighted by Gasteiger charge is 2.24. The molecule has 0 spiro atoms. The number of aryl methyl sites for hydroxylation is 1. The Hall–Kier alpha value is -1.06. The zero-order chi connectivity index (χ0) is 14.7. The highest BCUT2D eigenvalue weighted by molar-refractivity contribution is 5.37. The minimum Gasteiger partial charge on any atom is -0.496 e. The minimum absolute atomic E-state index is 0.000675. The van der Waals surface area contributed by atoms with Gasteiger partial charge in [-0.2, -0.15) is 0 Å². The summed E-state index contributed by atoms with van der Waals surface area (Å²) in [5.41, 5.74) is 1.42. The van der Waals surface area contributed by atoms with Gasteiger partial charge in [-0.15, -0.1) is 0 Å². The van der Waals surface area contributed by atoms with Gasteiger partial charge in [0.25, 0.3) is 0 Å². The molecule has 1 rings (SSSR count). The van der Waals surface area contributed by atoms with Crippen LogP contribution in [0.25, 0.3) is 0 Å². The average molecular weight is 265 g/mol. The molecule has 108 valence electrons. The van der Waals surface area contributed by atoms with Gasteiger partial charge in [0.2, 0.25) is 0 Å². The molecule has 0 radical (unpaired) electrons. The van der Waals surface area contributed by atoms with Gasteiger partial charge in [-0.25, -0.2) is 0 Å². The van der Waals surface area contributed by atoms with Crippen LogP contribution in [-0.2, 0) is 6.42 Å². The molecule has 1 aromatic carbocycles. The molecule has 0 aliphatic heterocycles. The van der Waals surface area contributed by atoms with Crippen molar-refractivity contribution in [2.75, 3.05) is 13.7 Å². The van der Waals surface area contributed by atoms with Crippen molar-refractivity contribution >= 4 is 0 Å². The van der Waals surface area contributed by atoms with Crippen LogP contribution >= 0.6 is 0 Å². The molecule has 0 saturated carbocycles. The third-order valence-corrected chi connectivity index (χ3v) is 3.01. The molecule has 1 unspecified atom stereocenters. The van der Waals surface area contributed by atoms with Crippen molar-refractivity contribution in [1.82, 2.24) is 5.32 Å². The molecule has 0 amide bonds. The molecule has 19 heavy (non-hydrogen) atoms. The van der Waals surface area contributed by atoms with E-state index in [0.717, 1.165) is 11.3 Å². The monoisotopic (exact) mass is 265 g/mol. The Kier molecular flexibility index (Phi) is 4.99. The molecule has 1 aromatic rings. The van der Waals surface area contributed by atoms with Crippen LogP contribution in [0.5, 0.6) is 5.75 Å². The summed E-state index contributed by atoms with van der Waals surface area (Å²) in [6, 6.07) is 6.05. The van der Waals surface area contributed by atoms with Crippen molar-refractivity contribution < 1.29 is 9.84 Å². The second kappa shape index (κ2) is 5.93. The van der Waals surface area contributed by atoms with Gasteiger partial charge >= 0.3 is 0 Å². The second-order valence-electron chi connectivity index (χ2n) is 6.59. The molecule has 3 nitrogen and oxygen atoms in total. The van der Waals surface area contributed by atoms with Crippen LogP contribution in [0.1, 0.15) is 38.8 Å². The summed E-state index contributed by atoms with van der Waals surface area (Å²) in [5, 5.41) is 13.9. The first-order valence-electron chi connectivity index (χ1n) is 6.74. The van der Waals surface area contributed by atoms with Crippen molar-refractivity contribution in [2.45, 2.75) is 52.2 Å².